The monoisotopic (exact) mass is 278 g/mol. The van der Waals surface area contributed by atoms with Gasteiger partial charge < -0.3 is 10.1 Å². The molecule has 2 unspecified atom stereocenters. The molecule has 20 heavy (non-hydrogen) atoms. The van der Waals surface area contributed by atoms with E-state index in [0.29, 0.717) is 6.04 Å². The number of rotatable bonds is 4. The largest absolute Gasteiger partial charge is 0.374 e. The Bertz CT molecular complexity index is 474. The van der Waals surface area contributed by atoms with Gasteiger partial charge in [-0.25, -0.2) is 4.39 Å². The van der Waals surface area contributed by atoms with E-state index in [2.05, 4.69) is 10.2 Å². The predicted molar refractivity (Wildman–Crippen MR) is 77.3 cm³/mol. The van der Waals surface area contributed by atoms with Gasteiger partial charge in [-0.05, 0) is 50.1 Å². The number of hydrogen-bond donors (Lipinski definition) is 1. The molecule has 1 saturated heterocycles. The summed E-state index contributed by atoms with van der Waals surface area (Å²) in [6.07, 6.45) is 2.70. The Morgan fingerprint density at radius 2 is 2.20 bits per heavy atom. The molecule has 1 N–H and O–H groups in total. The van der Waals surface area contributed by atoms with Crippen molar-refractivity contribution in [3.8, 4) is 0 Å². The van der Waals surface area contributed by atoms with Crippen molar-refractivity contribution < 1.29 is 9.13 Å². The number of morpholine rings is 1. The van der Waals surface area contributed by atoms with Gasteiger partial charge in [0.1, 0.15) is 5.82 Å². The lowest BCUT2D eigenvalue weighted by molar-refractivity contribution is -0.0742. The topological polar surface area (TPSA) is 24.5 Å². The standard InChI is InChI=1S/C16H23FN2O/c1-11-9-12(17)3-6-14(11)16-15(10-18-2)20-8-7-19(16)13-4-5-13/h3,6,9,13,15-16,18H,4-5,7-8,10H2,1-2H3. The molecule has 1 aliphatic heterocycles. The first-order valence-corrected chi connectivity index (χ1v) is 7.48. The molecule has 1 aromatic carbocycles. The van der Waals surface area contributed by atoms with Gasteiger partial charge in [-0.3, -0.25) is 4.90 Å². The van der Waals surface area contributed by atoms with Crippen LogP contribution in [0.2, 0.25) is 0 Å². The van der Waals surface area contributed by atoms with E-state index in [1.54, 1.807) is 12.1 Å². The van der Waals surface area contributed by atoms with Gasteiger partial charge in [0.2, 0.25) is 0 Å². The van der Waals surface area contributed by atoms with E-state index in [0.717, 1.165) is 25.3 Å². The van der Waals surface area contributed by atoms with Gasteiger partial charge in [0.25, 0.3) is 0 Å². The van der Waals surface area contributed by atoms with Crippen LogP contribution in [0.15, 0.2) is 18.2 Å². The maximum Gasteiger partial charge on any atom is 0.123 e. The van der Waals surface area contributed by atoms with E-state index >= 15 is 0 Å². The van der Waals surface area contributed by atoms with Crippen LogP contribution in [0, 0.1) is 12.7 Å². The fourth-order valence-corrected chi connectivity index (χ4v) is 3.29. The van der Waals surface area contributed by atoms with Gasteiger partial charge in [0.15, 0.2) is 0 Å². The lowest BCUT2D eigenvalue weighted by Crippen LogP contribution is -2.49. The Labute approximate surface area is 120 Å². The number of aryl methyl sites for hydroxylation is 1. The number of nitrogens with one attached hydrogen (secondary N) is 1. The number of benzene rings is 1. The van der Waals surface area contributed by atoms with Crippen molar-refractivity contribution in [3.63, 3.8) is 0 Å². The highest BCUT2D eigenvalue weighted by Crippen LogP contribution is 2.39. The van der Waals surface area contributed by atoms with Crippen molar-refractivity contribution in [1.82, 2.24) is 10.2 Å². The van der Waals surface area contributed by atoms with E-state index in [-0.39, 0.29) is 18.0 Å². The molecule has 2 aliphatic rings. The van der Waals surface area contributed by atoms with Gasteiger partial charge in [-0.15, -0.1) is 0 Å². The van der Waals surface area contributed by atoms with Crippen LogP contribution in [0.4, 0.5) is 4.39 Å². The summed E-state index contributed by atoms with van der Waals surface area (Å²) in [6.45, 7) is 4.59. The molecule has 3 rings (SSSR count). The SMILES string of the molecule is CNCC1OCCN(C2CC2)C1c1ccc(F)cc1C. The van der Waals surface area contributed by atoms with E-state index in [4.69, 9.17) is 4.74 Å². The van der Waals surface area contributed by atoms with Crippen molar-refractivity contribution in [2.24, 2.45) is 0 Å². The molecule has 0 aromatic heterocycles. The van der Waals surface area contributed by atoms with Crippen LogP contribution in [0.5, 0.6) is 0 Å². The van der Waals surface area contributed by atoms with Crippen LogP contribution >= 0.6 is 0 Å². The molecular formula is C16H23FN2O. The van der Waals surface area contributed by atoms with E-state index < -0.39 is 0 Å². The van der Waals surface area contributed by atoms with Crippen LogP contribution in [-0.2, 0) is 4.74 Å². The summed E-state index contributed by atoms with van der Waals surface area (Å²) in [4.78, 5) is 2.56. The molecule has 2 fully saturated rings. The van der Waals surface area contributed by atoms with Gasteiger partial charge in [0.05, 0.1) is 18.8 Å². The highest BCUT2D eigenvalue weighted by Gasteiger charge is 2.41. The van der Waals surface area contributed by atoms with E-state index in [9.17, 15) is 4.39 Å². The Hall–Kier alpha value is -0.970. The molecule has 110 valence electrons. The average molecular weight is 278 g/mol. The molecule has 4 heteroatoms. The molecule has 3 nitrogen and oxygen atoms in total. The maximum absolute atomic E-state index is 13.4. The second kappa shape index (κ2) is 5.80. The van der Waals surface area contributed by atoms with Gasteiger partial charge >= 0.3 is 0 Å². The molecule has 1 heterocycles. The highest BCUT2D eigenvalue weighted by atomic mass is 19.1. The summed E-state index contributed by atoms with van der Waals surface area (Å²) in [5.74, 6) is -0.161. The zero-order valence-corrected chi connectivity index (χ0v) is 12.2. The Kier molecular flexibility index (Phi) is 4.06. The number of ether oxygens (including phenoxy) is 1. The van der Waals surface area contributed by atoms with Gasteiger partial charge in [0, 0.05) is 19.1 Å². The minimum absolute atomic E-state index is 0.138. The first-order chi connectivity index (χ1) is 9.70. The molecule has 2 atom stereocenters. The van der Waals surface area contributed by atoms with E-state index in [1.807, 2.05) is 20.0 Å². The van der Waals surface area contributed by atoms with Crippen molar-refractivity contribution in [1.29, 1.82) is 0 Å². The first kappa shape index (κ1) is 14.0. The number of halogens is 1. The first-order valence-electron chi connectivity index (χ1n) is 7.48. The van der Waals surface area contributed by atoms with Crippen molar-refractivity contribution in [2.45, 2.75) is 38.0 Å². The fourth-order valence-electron chi connectivity index (χ4n) is 3.29. The average Bonchev–Trinajstić information content (AvgIpc) is 3.24. The summed E-state index contributed by atoms with van der Waals surface area (Å²) in [6, 6.07) is 6.06. The quantitative estimate of drug-likeness (QED) is 0.914. The second-order valence-corrected chi connectivity index (χ2v) is 5.88. The predicted octanol–water partition coefficient (Wildman–Crippen LogP) is 2.26. The smallest absolute Gasteiger partial charge is 0.123 e. The molecule has 0 radical (unpaired) electrons. The summed E-state index contributed by atoms with van der Waals surface area (Å²) in [7, 11) is 1.95. The van der Waals surface area contributed by atoms with Crippen LogP contribution in [0.3, 0.4) is 0 Å². The third-order valence-corrected chi connectivity index (χ3v) is 4.36. The van der Waals surface area contributed by atoms with Crippen LogP contribution in [0.25, 0.3) is 0 Å². The second-order valence-electron chi connectivity index (χ2n) is 5.88. The normalized spacial score (nSPS) is 27.8. The zero-order chi connectivity index (χ0) is 14.1. The highest BCUT2D eigenvalue weighted by molar-refractivity contribution is 5.31. The third-order valence-electron chi connectivity index (χ3n) is 4.36. The summed E-state index contributed by atoms with van der Waals surface area (Å²) >= 11 is 0. The lowest BCUT2D eigenvalue weighted by atomic mass is 9.93. The molecule has 1 saturated carbocycles. The molecule has 1 aliphatic carbocycles. The van der Waals surface area contributed by atoms with Crippen molar-refractivity contribution in [2.75, 3.05) is 26.7 Å². The van der Waals surface area contributed by atoms with Crippen LogP contribution < -0.4 is 5.32 Å². The Morgan fingerprint density at radius 3 is 2.85 bits per heavy atom. The molecule has 1 aromatic rings. The Balaban J connectivity index is 1.93. The summed E-state index contributed by atoms with van der Waals surface area (Å²) in [5.41, 5.74) is 2.23. The molecular weight excluding hydrogens is 255 g/mol. The van der Waals surface area contributed by atoms with Crippen molar-refractivity contribution >= 4 is 0 Å². The summed E-state index contributed by atoms with van der Waals surface area (Å²) in [5, 5.41) is 3.22. The molecule has 0 spiro atoms. The number of nitrogens with zero attached hydrogens (tertiary/aromatic N) is 1. The fraction of sp³-hybridized carbons (Fsp3) is 0.625. The minimum Gasteiger partial charge on any atom is -0.374 e. The van der Waals surface area contributed by atoms with E-state index in [1.165, 1.54) is 18.4 Å². The molecule has 0 bridgehead atoms. The lowest BCUT2D eigenvalue weighted by Gasteiger charge is -2.42. The van der Waals surface area contributed by atoms with Crippen LogP contribution in [-0.4, -0.2) is 43.8 Å². The summed E-state index contributed by atoms with van der Waals surface area (Å²) < 4.78 is 19.4. The molecule has 0 amide bonds. The number of likely N-dealkylation sites (N-methyl/N-ethyl adjacent to an activating group) is 1. The minimum atomic E-state index is -0.161. The third kappa shape index (κ3) is 2.73. The van der Waals surface area contributed by atoms with Crippen molar-refractivity contribution in [3.05, 3.63) is 35.1 Å². The Morgan fingerprint density at radius 1 is 1.40 bits per heavy atom. The van der Waals surface area contributed by atoms with Crippen LogP contribution in [0.1, 0.15) is 30.0 Å². The van der Waals surface area contributed by atoms with Gasteiger partial charge in [-0.2, -0.15) is 0 Å². The maximum atomic E-state index is 13.4. The zero-order valence-electron chi connectivity index (χ0n) is 12.2. The number of hydrogen-bond acceptors (Lipinski definition) is 3. The van der Waals surface area contributed by atoms with Gasteiger partial charge in [-0.1, -0.05) is 6.07 Å².